The number of hydrogen-bond acceptors (Lipinski definition) is 6. The highest BCUT2D eigenvalue weighted by Gasteiger charge is 2.22. The lowest BCUT2D eigenvalue weighted by atomic mass is 10.1. The van der Waals surface area contributed by atoms with Crippen molar-refractivity contribution in [3.05, 3.63) is 23.3 Å². The van der Waals surface area contributed by atoms with Crippen LogP contribution < -0.4 is 10.6 Å². The second kappa shape index (κ2) is 12.5. The second-order valence-corrected chi connectivity index (χ2v) is 8.30. The molecule has 2 aliphatic heterocycles. The third-order valence-corrected chi connectivity index (χ3v) is 5.87. The van der Waals surface area contributed by atoms with Crippen molar-refractivity contribution in [2.45, 2.75) is 84.0 Å². The molecule has 0 amide bonds. The van der Waals surface area contributed by atoms with E-state index < -0.39 is 0 Å². The number of nitrogens with zero attached hydrogens (tertiary/aromatic N) is 7. The number of fused-ring (bicyclic) bond motifs is 2. The molecule has 0 saturated heterocycles. The molecule has 1 atom stereocenters. The smallest absolute Gasteiger partial charge is 0.191 e. The first-order valence-corrected chi connectivity index (χ1v) is 11.6. The van der Waals surface area contributed by atoms with E-state index in [9.17, 15) is 0 Å². The number of aryl methyl sites for hydroxylation is 3. The maximum absolute atomic E-state index is 5.15. The zero-order valence-corrected chi connectivity index (χ0v) is 21.5. The topological polar surface area (TPSA) is 107 Å². The zero-order chi connectivity index (χ0) is 21.5. The summed E-state index contributed by atoms with van der Waals surface area (Å²) in [6.45, 7) is 6.00. The first-order chi connectivity index (χ1) is 15.3. The maximum atomic E-state index is 5.15. The van der Waals surface area contributed by atoms with E-state index in [-0.39, 0.29) is 30.0 Å². The van der Waals surface area contributed by atoms with Crippen LogP contribution in [0.4, 0.5) is 0 Å². The molecule has 0 aromatic carbocycles. The van der Waals surface area contributed by atoms with E-state index in [4.69, 9.17) is 9.73 Å². The van der Waals surface area contributed by atoms with E-state index in [2.05, 4.69) is 42.4 Å². The number of nitrogens with one attached hydrogen (secondary N) is 2. The molecule has 2 aliphatic rings. The van der Waals surface area contributed by atoms with Crippen LogP contribution in [0.15, 0.2) is 4.99 Å². The number of methoxy groups -OCH3 is 1. The average Bonchev–Trinajstić information content (AvgIpc) is 3.26. The summed E-state index contributed by atoms with van der Waals surface area (Å²) in [7, 11) is 1.67. The molecule has 2 N–H and O–H groups in total. The maximum Gasteiger partial charge on any atom is 0.191 e. The molecule has 32 heavy (non-hydrogen) atoms. The van der Waals surface area contributed by atoms with Gasteiger partial charge in [-0.15, -0.1) is 34.2 Å². The van der Waals surface area contributed by atoms with Gasteiger partial charge in [-0.05, 0) is 32.6 Å². The lowest BCUT2D eigenvalue weighted by Gasteiger charge is -2.25. The van der Waals surface area contributed by atoms with Crippen molar-refractivity contribution >= 4 is 29.9 Å². The summed E-state index contributed by atoms with van der Waals surface area (Å²) in [5, 5.41) is 20.3. The molecular weight excluding hydrogens is 521 g/mol. The van der Waals surface area contributed by atoms with Gasteiger partial charge in [-0.2, -0.15) is 5.10 Å². The zero-order valence-electron chi connectivity index (χ0n) is 19.2. The standard InChI is InChI=1S/C21H35N9O.HI/c1-3-22-21(24-16-10-11-18-25-17(15-31-2)28-30(18)14-16)23-12-7-9-20-27-26-19-8-5-4-6-13-29(19)20;/h16H,3-15H2,1-2H3,(H2,22,23,24);1H. The van der Waals surface area contributed by atoms with E-state index >= 15 is 0 Å². The summed E-state index contributed by atoms with van der Waals surface area (Å²) in [5.41, 5.74) is 0. The second-order valence-electron chi connectivity index (χ2n) is 8.30. The number of halogens is 1. The molecule has 0 aliphatic carbocycles. The SMILES string of the molecule is CCNC(=NCCCc1nnc2n1CCCCC2)NC1CCc2nc(COC)nn2C1.I. The van der Waals surface area contributed by atoms with Gasteiger partial charge in [0.1, 0.15) is 24.1 Å². The van der Waals surface area contributed by atoms with Crippen LogP contribution in [0.2, 0.25) is 0 Å². The largest absolute Gasteiger partial charge is 0.377 e. The molecule has 4 rings (SSSR count). The van der Waals surface area contributed by atoms with Crippen LogP contribution in [0.25, 0.3) is 0 Å². The quantitative estimate of drug-likeness (QED) is 0.221. The predicted octanol–water partition coefficient (Wildman–Crippen LogP) is 1.86. The summed E-state index contributed by atoms with van der Waals surface area (Å²) in [6, 6.07) is 0.287. The number of ether oxygens (including phenoxy) is 1. The van der Waals surface area contributed by atoms with Crippen molar-refractivity contribution in [1.82, 2.24) is 40.2 Å². The molecule has 2 aromatic heterocycles. The van der Waals surface area contributed by atoms with E-state index in [1.165, 1.54) is 19.3 Å². The molecular formula is C21H36IN9O. The average molecular weight is 557 g/mol. The van der Waals surface area contributed by atoms with Crippen molar-refractivity contribution in [2.75, 3.05) is 20.2 Å². The molecule has 4 heterocycles. The van der Waals surface area contributed by atoms with Crippen LogP contribution in [0, 0.1) is 0 Å². The van der Waals surface area contributed by atoms with Crippen LogP contribution in [-0.4, -0.2) is 61.7 Å². The Hall–Kier alpha value is -1.76. The third-order valence-electron chi connectivity index (χ3n) is 5.87. The minimum Gasteiger partial charge on any atom is -0.377 e. The fraction of sp³-hybridized carbons (Fsp3) is 0.762. The van der Waals surface area contributed by atoms with Gasteiger partial charge < -0.3 is 19.9 Å². The summed E-state index contributed by atoms with van der Waals surface area (Å²) in [6.07, 6.45) is 8.61. The lowest BCUT2D eigenvalue weighted by Crippen LogP contribution is -2.47. The van der Waals surface area contributed by atoms with Gasteiger partial charge in [0, 0.05) is 52.0 Å². The number of aliphatic imine (C=N–C) groups is 1. The Balaban J connectivity index is 0.00000289. The Kier molecular flexibility index (Phi) is 9.69. The summed E-state index contributed by atoms with van der Waals surface area (Å²) >= 11 is 0. The van der Waals surface area contributed by atoms with Gasteiger partial charge in [0.2, 0.25) is 0 Å². The van der Waals surface area contributed by atoms with Crippen molar-refractivity contribution in [3.63, 3.8) is 0 Å². The number of guanidine groups is 1. The highest BCUT2D eigenvalue weighted by Crippen LogP contribution is 2.16. The van der Waals surface area contributed by atoms with Crippen LogP contribution in [-0.2, 0) is 43.7 Å². The Morgan fingerprint density at radius 3 is 2.94 bits per heavy atom. The Morgan fingerprint density at radius 1 is 1.19 bits per heavy atom. The molecule has 10 nitrogen and oxygen atoms in total. The fourth-order valence-corrected chi connectivity index (χ4v) is 4.34. The first-order valence-electron chi connectivity index (χ1n) is 11.6. The van der Waals surface area contributed by atoms with Crippen molar-refractivity contribution in [3.8, 4) is 0 Å². The summed E-state index contributed by atoms with van der Waals surface area (Å²) < 4.78 is 9.48. The predicted molar refractivity (Wildman–Crippen MR) is 133 cm³/mol. The Bertz CT molecular complexity index is 879. The van der Waals surface area contributed by atoms with Gasteiger partial charge in [-0.25, -0.2) is 9.67 Å². The van der Waals surface area contributed by atoms with Gasteiger partial charge in [0.15, 0.2) is 11.8 Å². The highest BCUT2D eigenvalue weighted by molar-refractivity contribution is 14.0. The van der Waals surface area contributed by atoms with Crippen molar-refractivity contribution in [1.29, 1.82) is 0 Å². The van der Waals surface area contributed by atoms with Gasteiger partial charge >= 0.3 is 0 Å². The van der Waals surface area contributed by atoms with Gasteiger partial charge in [-0.3, -0.25) is 4.99 Å². The van der Waals surface area contributed by atoms with E-state index in [0.717, 1.165) is 87.5 Å². The molecule has 1 unspecified atom stereocenters. The van der Waals surface area contributed by atoms with Crippen LogP contribution >= 0.6 is 24.0 Å². The molecule has 0 fully saturated rings. The molecule has 11 heteroatoms. The minimum absolute atomic E-state index is 0. The normalized spacial score (nSPS) is 18.3. The monoisotopic (exact) mass is 557 g/mol. The molecule has 178 valence electrons. The highest BCUT2D eigenvalue weighted by atomic mass is 127. The first kappa shape index (κ1) is 24.9. The summed E-state index contributed by atoms with van der Waals surface area (Å²) in [5.74, 6) is 4.94. The van der Waals surface area contributed by atoms with E-state index in [1.54, 1.807) is 7.11 Å². The third kappa shape index (κ3) is 6.40. The Labute approximate surface area is 207 Å². The van der Waals surface area contributed by atoms with Gasteiger partial charge in [-0.1, -0.05) is 6.42 Å². The molecule has 0 bridgehead atoms. The summed E-state index contributed by atoms with van der Waals surface area (Å²) in [4.78, 5) is 9.35. The van der Waals surface area contributed by atoms with Gasteiger partial charge in [0.05, 0.1) is 6.54 Å². The van der Waals surface area contributed by atoms with Gasteiger partial charge in [0.25, 0.3) is 0 Å². The number of aromatic nitrogens is 6. The van der Waals surface area contributed by atoms with Crippen molar-refractivity contribution in [2.24, 2.45) is 4.99 Å². The van der Waals surface area contributed by atoms with Crippen LogP contribution in [0.5, 0.6) is 0 Å². The molecule has 0 saturated carbocycles. The number of hydrogen-bond donors (Lipinski definition) is 2. The Morgan fingerprint density at radius 2 is 2.09 bits per heavy atom. The number of rotatable bonds is 8. The van der Waals surface area contributed by atoms with Crippen LogP contribution in [0.1, 0.15) is 62.3 Å². The van der Waals surface area contributed by atoms with E-state index in [0.29, 0.717) is 6.61 Å². The lowest BCUT2D eigenvalue weighted by molar-refractivity contribution is 0.177. The molecule has 0 radical (unpaired) electrons. The van der Waals surface area contributed by atoms with E-state index in [1.807, 2.05) is 4.68 Å². The molecule has 0 spiro atoms. The fourth-order valence-electron chi connectivity index (χ4n) is 4.34. The van der Waals surface area contributed by atoms with Crippen molar-refractivity contribution < 1.29 is 4.74 Å². The minimum atomic E-state index is 0. The molecule has 2 aromatic rings. The van der Waals surface area contributed by atoms with Crippen LogP contribution in [0.3, 0.4) is 0 Å².